The lowest BCUT2D eigenvalue weighted by Crippen LogP contribution is -2.44. The van der Waals surface area contributed by atoms with Gasteiger partial charge in [0.15, 0.2) is 0 Å². The van der Waals surface area contributed by atoms with Gasteiger partial charge in [0.2, 0.25) is 0 Å². The minimum atomic E-state index is -0.126. The van der Waals surface area contributed by atoms with Gasteiger partial charge in [-0.1, -0.05) is 18.2 Å². The molecule has 1 spiro atoms. The van der Waals surface area contributed by atoms with Crippen molar-refractivity contribution in [2.24, 2.45) is 0 Å². The second-order valence-corrected chi connectivity index (χ2v) is 6.70. The van der Waals surface area contributed by atoms with Crippen LogP contribution in [0.5, 0.6) is 0 Å². The first-order valence-corrected chi connectivity index (χ1v) is 8.77. The predicted octanol–water partition coefficient (Wildman–Crippen LogP) is 2.03. The highest BCUT2D eigenvalue weighted by molar-refractivity contribution is 6.05. The van der Waals surface area contributed by atoms with E-state index in [-0.39, 0.29) is 17.6 Å². The summed E-state index contributed by atoms with van der Waals surface area (Å²) in [6, 6.07) is 9.78. The van der Waals surface area contributed by atoms with E-state index in [9.17, 15) is 4.79 Å². The Morgan fingerprint density at radius 2 is 2.00 bits per heavy atom. The fraction of sp³-hybridized carbons (Fsp3) is 0.421. The second kappa shape index (κ2) is 6.90. The number of piperidine rings is 1. The van der Waals surface area contributed by atoms with Crippen molar-refractivity contribution in [3.05, 3.63) is 54.6 Å². The third kappa shape index (κ3) is 3.27. The van der Waals surface area contributed by atoms with Gasteiger partial charge in [0.05, 0.1) is 24.4 Å². The van der Waals surface area contributed by atoms with E-state index in [2.05, 4.69) is 15.3 Å². The molecule has 3 heterocycles. The van der Waals surface area contributed by atoms with E-state index < -0.39 is 0 Å². The Balaban J connectivity index is 1.63. The molecule has 1 atom stereocenters. The van der Waals surface area contributed by atoms with Crippen molar-refractivity contribution in [2.75, 3.05) is 24.6 Å². The van der Waals surface area contributed by atoms with E-state index >= 15 is 0 Å². The highest BCUT2D eigenvalue weighted by Crippen LogP contribution is 2.37. The molecule has 2 saturated heterocycles. The van der Waals surface area contributed by atoms with Crippen LogP contribution in [0.1, 0.15) is 29.8 Å². The lowest BCUT2D eigenvalue weighted by atomic mass is 9.88. The van der Waals surface area contributed by atoms with Crippen LogP contribution in [0.2, 0.25) is 0 Å². The maximum Gasteiger partial charge on any atom is 0.278 e. The number of amides is 1. The molecule has 2 aliphatic rings. The van der Waals surface area contributed by atoms with E-state index in [0.717, 1.165) is 38.0 Å². The van der Waals surface area contributed by atoms with E-state index in [1.807, 2.05) is 35.2 Å². The highest BCUT2D eigenvalue weighted by atomic mass is 16.5. The maximum atomic E-state index is 13.2. The van der Waals surface area contributed by atoms with Gasteiger partial charge in [0, 0.05) is 18.1 Å². The van der Waals surface area contributed by atoms with Gasteiger partial charge in [0.1, 0.15) is 5.69 Å². The number of anilines is 1. The lowest BCUT2D eigenvalue weighted by molar-refractivity contribution is -0.0193. The molecule has 1 amide bonds. The average molecular weight is 338 g/mol. The minimum Gasteiger partial charge on any atom is -0.373 e. The van der Waals surface area contributed by atoms with Gasteiger partial charge in [0.25, 0.3) is 5.91 Å². The van der Waals surface area contributed by atoms with Crippen molar-refractivity contribution < 1.29 is 9.53 Å². The van der Waals surface area contributed by atoms with E-state index in [4.69, 9.17) is 4.74 Å². The molecule has 6 heteroatoms. The van der Waals surface area contributed by atoms with Crippen molar-refractivity contribution in [3.63, 3.8) is 0 Å². The molecule has 0 bridgehead atoms. The zero-order chi connectivity index (χ0) is 17.1. The predicted molar refractivity (Wildman–Crippen MR) is 94.5 cm³/mol. The number of benzene rings is 1. The molecule has 2 aliphatic heterocycles. The number of carbonyl (C=O) groups excluding carboxylic acids is 1. The van der Waals surface area contributed by atoms with E-state index in [1.165, 1.54) is 6.20 Å². The van der Waals surface area contributed by atoms with Crippen LogP contribution in [-0.2, 0) is 4.74 Å². The van der Waals surface area contributed by atoms with Gasteiger partial charge in [-0.25, -0.2) is 4.98 Å². The number of aromatic nitrogens is 2. The van der Waals surface area contributed by atoms with Crippen LogP contribution in [0.4, 0.5) is 5.69 Å². The fourth-order valence-electron chi connectivity index (χ4n) is 3.83. The molecular weight excluding hydrogens is 316 g/mol. The second-order valence-electron chi connectivity index (χ2n) is 6.70. The first-order chi connectivity index (χ1) is 12.3. The van der Waals surface area contributed by atoms with Gasteiger partial charge in [-0.05, 0) is 44.5 Å². The van der Waals surface area contributed by atoms with Gasteiger partial charge in [-0.2, -0.15) is 0 Å². The molecule has 4 rings (SSSR count). The topological polar surface area (TPSA) is 67.4 Å². The standard InChI is InChI=1S/C19H22N4O2/c24-18(17-13-21-10-11-22-17)23(15-4-2-1-3-5-15)16-12-19(25-14-16)6-8-20-9-7-19/h1-5,10-11,13,16,20H,6-9,12,14H2/t16-/m1/s1. The van der Waals surface area contributed by atoms with Crippen molar-refractivity contribution in [3.8, 4) is 0 Å². The molecule has 6 nitrogen and oxygen atoms in total. The largest absolute Gasteiger partial charge is 0.373 e. The summed E-state index contributed by atoms with van der Waals surface area (Å²) < 4.78 is 6.21. The van der Waals surface area contributed by atoms with Crippen LogP contribution < -0.4 is 10.2 Å². The zero-order valence-corrected chi connectivity index (χ0v) is 14.1. The Morgan fingerprint density at radius 1 is 1.20 bits per heavy atom. The Kier molecular flexibility index (Phi) is 4.46. The fourth-order valence-corrected chi connectivity index (χ4v) is 3.83. The molecule has 25 heavy (non-hydrogen) atoms. The van der Waals surface area contributed by atoms with Gasteiger partial charge < -0.3 is 15.0 Å². The SMILES string of the molecule is O=C(c1cnccn1)N(c1ccccc1)[C@H]1COC2(CCNCC2)C1. The van der Waals surface area contributed by atoms with E-state index in [0.29, 0.717) is 12.3 Å². The average Bonchev–Trinajstić information content (AvgIpc) is 3.07. The number of hydrogen-bond acceptors (Lipinski definition) is 5. The maximum absolute atomic E-state index is 13.2. The minimum absolute atomic E-state index is 0.00926. The summed E-state index contributed by atoms with van der Waals surface area (Å²) in [6.07, 6.45) is 7.49. The number of nitrogens with one attached hydrogen (secondary N) is 1. The summed E-state index contributed by atoms with van der Waals surface area (Å²) in [5.41, 5.74) is 1.13. The number of carbonyl (C=O) groups is 1. The van der Waals surface area contributed by atoms with Crippen LogP contribution in [0.15, 0.2) is 48.9 Å². The third-order valence-electron chi connectivity index (χ3n) is 5.10. The molecule has 1 aromatic heterocycles. The molecule has 2 aromatic rings. The number of rotatable bonds is 3. The first kappa shape index (κ1) is 16.2. The summed E-state index contributed by atoms with van der Waals surface area (Å²) in [6.45, 7) is 2.49. The molecule has 0 radical (unpaired) electrons. The van der Waals surface area contributed by atoms with Crippen LogP contribution in [0.25, 0.3) is 0 Å². The molecular formula is C19H22N4O2. The van der Waals surface area contributed by atoms with Crippen LogP contribution in [0, 0.1) is 0 Å². The molecule has 0 aliphatic carbocycles. The molecule has 1 aromatic carbocycles. The van der Waals surface area contributed by atoms with Gasteiger partial charge in [-0.15, -0.1) is 0 Å². The van der Waals surface area contributed by atoms with Crippen molar-refractivity contribution in [1.82, 2.24) is 15.3 Å². The molecule has 0 saturated carbocycles. The number of ether oxygens (including phenoxy) is 1. The van der Waals surface area contributed by atoms with Crippen molar-refractivity contribution in [2.45, 2.75) is 30.9 Å². The van der Waals surface area contributed by atoms with Gasteiger partial charge in [-0.3, -0.25) is 9.78 Å². The Hall–Kier alpha value is -2.31. The third-order valence-corrected chi connectivity index (χ3v) is 5.10. The number of nitrogens with zero attached hydrogens (tertiary/aromatic N) is 3. The molecule has 1 N–H and O–H groups in total. The monoisotopic (exact) mass is 338 g/mol. The quantitative estimate of drug-likeness (QED) is 0.927. The highest BCUT2D eigenvalue weighted by Gasteiger charge is 2.44. The van der Waals surface area contributed by atoms with Crippen LogP contribution in [-0.4, -0.2) is 47.2 Å². The van der Waals surface area contributed by atoms with Gasteiger partial charge >= 0.3 is 0 Å². The molecule has 130 valence electrons. The summed E-state index contributed by atoms with van der Waals surface area (Å²) in [5.74, 6) is -0.126. The summed E-state index contributed by atoms with van der Waals surface area (Å²) in [5, 5.41) is 3.38. The van der Waals surface area contributed by atoms with E-state index in [1.54, 1.807) is 12.4 Å². The molecule has 2 fully saturated rings. The first-order valence-electron chi connectivity index (χ1n) is 8.77. The zero-order valence-electron chi connectivity index (χ0n) is 14.1. The Morgan fingerprint density at radius 3 is 2.72 bits per heavy atom. The lowest BCUT2D eigenvalue weighted by Gasteiger charge is -2.34. The molecule has 0 unspecified atom stereocenters. The Labute approximate surface area is 147 Å². The van der Waals surface area contributed by atoms with Crippen LogP contribution in [0.3, 0.4) is 0 Å². The smallest absolute Gasteiger partial charge is 0.278 e. The van der Waals surface area contributed by atoms with Crippen molar-refractivity contribution >= 4 is 11.6 Å². The van der Waals surface area contributed by atoms with Crippen molar-refractivity contribution in [1.29, 1.82) is 0 Å². The van der Waals surface area contributed by atoms with Crippen LogP contribution >= 0.6 is 0 Å². The summed E-state index contributed by atoms with van der Waals surface area (Å²) in [7, 11) is 0. The Bertz CT molecular complexity index is 717. The number of para-hydroxylation sites is 1. The summed E-state index contributed by atoms with van der Waals surface area (Å²) in [4.78, 5) is 23.2. The number of hydrogen-bond donors (Lipinski definition) is 1. The normalized spacial score (nSPS) is 22.0. The summed E-state index contributed by atoms with van der Waals surface area (Å²) >= 11 is 0.